The minimum Gasteiger partial charge on any atom is -0.616 e. The highest BCUT2D eigenvalue weighted by molar-refractivity contribution is 8.56. The Kier molecular flexibility index (Phi) is 11.4. The van der Waals surface area contributed by atoms with Gasteiger partial charge in [-0.05, 0) is 43.8 Å². The molecule has 0 fully saturated rings. The van der Waals surface area contributed by atoms with Gasteiger partial charge >= 0.3 is 6.72 Å². The maximum Gasteiger partial charge on any atom is 0.357 e. The number of hydrogen-bond donors (Lipinski definition) is 0. The molecule has 148 valence electrons. The number of methoxy groups -OCH3 is 1. The molecule has 0 aliphatic carbocycles. The Hall–Kier alpha value is -0.660. The summed E-state index contributed by atoms with van der Waals surface area (Å²) in [5, 5.41) is 0. The van der Waals surface area contributed by atoms with Crippen LogP contribution in [0.25, 0.3) is 0 Å². The van der Waals surface area contributed by atoms with Crippen molar-refractivity contribution in [1.82, 2.24) is 4.67 Å². The molecule has 0 spiro atoms. The Morgan fingerprint density at radius 2 is 2.00 bits per heavy atom. The summed E-state index contributed by atoms with van der Waals surface area (Å²) < 4.78 is 38.2. The number of ether oxygens (including phenoxy) is 1. The van der Waals surface area contributed by atoms with Gasteiger partial charge in [0.25, 0.3) is 6.02 Å². The minimum absolute atomic E-state index is 0.213. The summed E-state index contributed by atoms with van der Waals surface area (Å²) in [6, 6.07) is 9.53. The van der Waals surface area contributed by atoms with Crippen molar-refractivity contribution in [1.29, 1.82) is 0 Å². The molecule has 1 aromatic rings. The number of hydrogen-bond acceptors (Lipinski definition) is 6. The number of benzene rings is 1. The quantitative estimate of drug-likeness (QED) is 0.224. The first-order valence-corrected chi connectivity index (χ1v) is 13.4. The van der Waals surface area contributed by atoms with E-state index in [0.29, 0.717) is 29.6 Å². The van der Waals surface area contributed by atoms with Crippen LogP contribution < -0.4 is 0 Å². The molecule has 0 aromatic heterocycles. The van der Waals surface area contributed by atoms with Crippen LogP contribution >= 0.6 is 18.1 Å². The Balaban J connectivity index is 3.22. The zero-order valence-corrected chi connectivity index (χ0v) is 18.4. The lowest BCUT2D eigenvalue weighted by molar-refractivity contribution is 0.290. The molecule has 0 saturated carbocycles. The maximum absolute atomic E-state index is 13.6. The SMILES string of the molecule is CCCSP(=O)(OCC)N(CC[S+]([O-])CC)C(=Nc1ccccc1)OC. The van der Waals surface area contributed by atoms with Gasteiger partial charge in [-0.3, -0.25) is 4.57 Å². The highest BCUT2D eigenvalue weighted by Crippen LogP contribution is 2.62. The molecule has 0 N–H and O–H groups in total. The molecule has 1 aromatic carbocycles. The monoisotopic (exact) mass is 420 g/mol. The predicted molar refractivity (Wildman–Crippen MR) is 113 cm³/mol. The van der Waals surface area contributed by atoms with Crippen molar-refractivity contribution in [2.45, 2.75) is 27.2 Å². The van der Waals surface area contributed by atoms with E-state index in [4.69, 9.17) is 9.26 Å². The maximum atomic E-state index is 13.6. The Bertz CT molecular complexity index is 589. The lowest BCUT2D eigenvalue weighted by atomic mass is 10.3. The highest BCUT2D eigenvalue weighted by Gasteiger charge is 2.36. The summed E-state index contributed by atoms with van der Waals surface area (Å²) in [6.45, 7) is 3.03. The van der Waals surface area contributed by atoms with Crippen molar-refractivity contribution in [2.24, 2.45) is 4.99 Å². The van der Waals surface area contributed by atoms with Crippen molar-refractivity contribution in [3.8, 4) is 0 Å². The molecular formula is C17H29N2O4PS2. The van der Waals surface area contributed by atoms with E-state index in [1.807, 2.05) is 51.1 Å². The van der Waals surface area contributed by atoms with Crippen LogP contribution in [0.4, 0.5) is 5.69 Å². The molecule has 0 radical (unpaired) electrons. The van der Waals surface area contributed by atoms with Crippen LogP contribution in [0.3, 0.4) is 0 Å². The van der Waals surface area contributed by atoms with Gasteiger partial charge in [-0.15, -0.1) is 0 Å². The third kappa shape index (κ3) is 7.53. The van der Waals surface area contributed by atoms with Gasteiger partial charge in [0.2, 0.25) is 0 Å². The molecule has 26 heavy (non-hydrogen) atoms. The average molecular weight is 421 g/mol. The largest absolute Gasteiger partial charge is 0.616 e. The van der Waals surface area contributed by atoms with Crippen LogP contribution in [0, 0.1) is 0 Å². The van der Waals surface area contributed by atoms with Gasteiger partial charge in [-0.25, -0.2) is 4.67 Å². The summed E-state index contributed by atoms with van der Waals surface area (Å²) >= 11 is 0.274. The van der Waals surface area contributed by atoms with E-state index in [1.54, 1.807) is 4.67 Å². The molecule has 0 amide bonds. The van der Waals surface area contributed by atoms with Gasteiger partial charge in [0.15, 0.2) is 0 Å². The van der Waals surface area contributed by atoms with Crippen molar-refractivity contribution >= 4 is 41.0 Å². The van der Waals surface area contributed by atoms with Gasteiger partial charge in [0, 0.05) is 5.75 Å². The molecule has 0 aliphatic heterocycles. The van der Waals surface area contributed by atoms with E-state index >= 15 is 0 Å². The average Bonchev–Trinajstić information content (AvgIpc) is 2.66. The summed E-state index contributed by atoms with van der Waals surface area (Å²) in [7, 11) is 1.49. The number of aliphatic imine (C=N–C) groups is 1. The minimum atomic E-state index is -3.26. The van der Waals surface area contributed by atoms with Crippen LogP contribution in [-0.2, 0) is 25.0 Å². The summed E-state index contributed by atoms with van der Waals surface area (Å²) in [5.41, 5.74) is 0.689. The lowest BCUT2D eigenvalue weighted by Gasteiger charge is -2.31. The van der Waals surface area contributed by atoms with E-state index in [2.05, 4.69) is 4.99 Å². The Morgan fingerprint density at radius 1 is 1.31 bits per heavy atom. The molecule has 6 nitrogen and oxygen atoms in total. The summed E-state index contributed by atoms with van der Waals surface area (Å²) in [5.74, 6) is 1.61. The molecular weight excluding hydrogens is 391 g/mol. The van der Waals surface area contributed by atoms with Gasteiger partial charge in [0.05, 0.1) is 25.9 Å². The topological polar surface area (TPSA) is 74.2 Å². The highest BCUT2D eigenvalue weighted by atomic mass is 32.7. The van der Waals surface area contributed by atoms with E-state index in [-0.39, 0.29) is 12.6 Å². The molecule has 1 rings (SSSR count). The fourth-order valence-electron chi connectivity index (χ4n) is 2.02. The van der Waals surface area contributed by atoms with Gasteiger partial charge < -0.3 is 13.8 Å². The second kappa shape index (κ2) is 12.7. The first kappa shape index (κ1) is 23.4. The zero-order valence-electron chi connectivity index (χ0n) is 15.9. The Morgan fingerprint density at radius 3 is 2.54 bits per heavy atom. The second-order valence-electron chi connectivity index (χ2n) is 5.21. The fraction of sp³-hybridized carbons (Fsp3) is 0.588. The van der Waals surface area contributed by atoms with Crippen LogP contribution in [0.1, 0.15) is 27.2 Å². The van der Waals surface area contributed by atoms with Crippen LogP contribution in [-0.4, -0.2) is 52.8 Å². The van der Waals surface area contributed by atoms with Crippen LogP contribution in [0.5, 0.6) is 0 Å². The number of amidine groups is 1. The summed E-state index contributed by atoms with van der Waals surface area (Å²) in [4.78, 5) is 4.49. The van der Waals surface area contributed by atoms with Crippen molar-refractivity contribution in [2.75, 3.05) is 37.5 Å². The van der Waals surface area contributed by atoms with E-state index in [0.717, 1.165) is 6.42 Å². The molecule has 2 unspecified atom stereocenters. The number of nitrogens with zero attached hydrogens (tertiary/aromatic N) is 2. The molecule has 0 saturated heterocycles. The predicted octanol–water partition coefficient (Wildman–Crippen LogP) is 4.68. The van der Waals surface area contributed by atoms with Crippen LogP contribution in [0.2, 0.25) is 0 Å². The third-order valence-corrected chi connectivity index (χ3v) is 9.46. The normalized spacial score (nSPS) is 15.3. The van der Waals surface area contributed by atoms with Crippen LogP contribution in [0.15, 0.2) is 35.3 Å². The summed E-state index contributed by atoms with van der Waals surface area (Å²) in [6.07, 6.45) is 0.870. The van der Waals surface area contributed by atoms with Gasteiger partial charge in [-0.2, -0.15) is 4.99 Å². The van der Waals surface area contributed by atoms with E-state index in [9.17, 15) is 9.12 Å². The van der Waals surface area contributed by atoms with Crippen molar-refractivity contribution in [3.05, 3.63) is 30.3 Å². The number of rotatable bonds is 11. The second-order valence-corrected chi connectivity index (χ2v) is 11.6. The molecule has 0 bridgehead atoms. The third-order valence-electron chi connectivity index (χ3n) is 3.28. The standard InChI is InChI=1S/C17H29N2O4PS2/c1-5-14-25-24(20,23-6-2)19(13-15-26(21)7-3)17(22-4)18-16-11-9-8-10-12-16/h8-12H,5-7,13-15H2,1-4H3. The van der Waals surface area contributed by atoms with Crippen molar-refractivity contribution in [3.63, 3.8) is 0 Å². The molecule has 9 heteroatoms. The van der Waals surface area contributed by atoms with Gasteiger partial charge in [0.1, 0.15) is 11.5 Å². The van der Waals surface area contributed by atoms with E-state index < -0.39 is 17.9 Å². The molecule has 0 heterocycles. The fourth-order valence-corrected chi connectivity index (χ4v) is 7.26. The zero-order chi connectivity index (χ0) is 19.4. The molecule has 0 aliphatic rings. The van der Waals surface area contributed by atoms with E-state index in [1.165, 1.54) is 18.5 Å². The van der Waals surface area contributed by atoms with Gasteiger partial charge in [-0.1, -0.05) is 36.3 Å². The first-order chi connectivity index (χ1) is 12.5. The Labute approximate surface area is 164 Å². The first-order valence-electron chi connectivity index (χ1n) is 8.70. The van der Waals surface area contributed by atoms with Crippen molar-refractivity contribution < 1.29 is 18.4 Å². The number of para-hydroxylation sites is 1. The smallest absolute Gasteiger partial charge is 0.357 e. The lowest BCUT2D eigenvalue weighted by Crippen LogP contribution is -2.34. The molecule has 2 atom stereocenters.